The van der Waals surface area contributed by atoms with Crippen LogP contribution in [0.4, 0.5) is 4.79 Å². The number of fused-ring (bicyclic) bond motifs is 1. The number of hydrogen-bond donors (Lipinski definition) is 2. The zero-order chi connectivity index (χ0) is 14.8. The van der Waals surface area contributed by atoms with Crippen molar-refractivity contribution in [2.24, 2.45) is 0 Å². The van der Waals surface area contributed by atoms with Crippen LogP contribution in [0.5, 0.6) is 5.75 Å². The summed E-state index contributed by atoms with van der Waals surface area (Å²) >= 11 is 0. The number of ether oxygens (including phenoxy) is 1. The predicted octanol–water partition coefficient (Wildman–Crippen LogP) is 1.17. The summed E-state index contributed by atoms with van der Waals surface area (Å²) in [6.45, 7) is 2.71. The molecule has 1 fully saturated rings. The highest BCUT2D eigenvalue weighted by atomic mass is 16.5. The van der Waals surface area contributed by atoms with Crippen LogP contribution in [0.3, 0.4) is 0 Å². The first-order chi connectivity index (χ1) is 10.2. The Balaban J connectivity index is 1.82. The van der Waals surface area contributed by atoms with Crippen LogP contribution < -0.4 is 4.74 Å². The summed E-state index contributed by atoms with van der Waals surface area (Å²) < 4.78 is 5.71. The van der Waals surface area contributed by atoms with Gasteiger partial charge < -0.3 is 19.8 Å². The number of benzene rings is 1. The van der Waals surface area contributed by atoms with E-state index >= 15 is 0 Å². The second kappa shape index (κ2) is 5.91. The molecule has 114 valence electrons. The molecule has 6 nitrogen and oxygen atoms in total. The maximum absolute atomic E-state index is 11.0. The molecule has 1 amide bonds. The number of nitrogens with zero attached hydrogens (tertiary/aromatic N) is 2. The Labute approximate surface area is 123 Å². The van der Waals surface area contributed by atoms with E-state index < -0.39 is 12.2 Å². The van der Waals surface area contributed by atoms with Crippen molar-refractivity contribution in [2.75, 3.05) is 32.8 Å². The molecule has 0 radical (unpaired) electrons. The zero-order valence-electron chi connectivity index (χ0n) is 11.8. The number of rotatable bonds is 1. The number of piperazine rings is 1. The Morgan fingerprint density at radius 2 is 1.90 bits per heavy atom. The van der Waals surface area contributed by atoms with Gasteiger partial charge in [0.1, 0.15) is 5.75 Å². The molecular formula is C15H20N2O4. The van der Waals surface area contributed by atoms with E-state index in [9.17, 15) is 9.90 Å². The number of carboxylic acid groups (broad SMARTS) is 1. The zero-order valence-corrected chi connectivity index (χ0v) is 11.8. The van der Waals surface area contributed by atoms with E-state index in [0.717, 1.165) is 11.3 Å². The van der Waals surface area contributed by atoms with Crippen molar-refractivity contribution < 1.29 is 19.7 Å². The van der Waals surface area contributed by atoms with Crippen LogP contribution in [0.25, 0.3) is 0 Å². The molecule has 0 aromatic heterocycles. The molecule has 1 aromatic carbocycles. The smallest absolute Gasteiger partial charge is 0.407 e. The van der Waals surface area contributed by atoms with E-state index in [2.05, 4.69) is 4.90 Å². The fraction of sp³-hybridized carbons (Fsp3) is 0.533. The van der Waals surface area contributed by atoms with Gasteiger partial charge in [-0.05, 0) is 6.07 Å². The SMILES string of the molecule is O=C(O)N1CCN([C@H]2c3ccccc3OCC[C@@H]2O)CC1. The van der Waals surface area contributed by atoms with E-state index in [-0.39, 0.29) is 6.04 Å². The Morgan fingerprint density at radius 3 is 2.62 bits per heavy atom. The van der Waals surface area contributed by atoms with Crippen molar-refractivity contribution in [1.29, 1.82) is 0 Å². The van der Waals surface area contributed by atoms with Crippen molar-refractivity contribution in [2.45, 2.75) is 18.6 Å². The highest BCUT2D eigenvalue weighted by molar-refractivity contribution is 5.65. The molecule has 0 aliphatic carbocycles. The summed E-state index contributed by atoms with van der Waals surface area (Å²) in [7, 11) is 0. The third kappa shape index (κ3) is 2.82. The van der Waals surface area contributed by atoms with Crippen molar-refractivity contribution >= 4 is 6.09 Å². The maximum Gasteiger partial charge on any atom is 0.407 e. The maximum atomic E-state index is 11.0. The van der Waals surface area contributed by atoms with Crippen LogP contribution in [0.1, 0.15) is 18.0 Å². The Kier molecular flexibility index (Phi) is 3.98. The van der Waals surface area contributed by atoms with Crippen LogP contribution in [-0.4, -0.2) is 65.0 Å². The standard InChI is InChI=1S/C15H20N2O4/c18-12-5-10-21-13-4-2-1-3-11(13)14(12)16-6-8-17(9-7-16)15(19)20/h1-4,12,14,18H,5-10H2,(H,19,20)/t12-,14-/m0/s1. The van der Waals surface area contributed by atoms with E-state index in [0.29, 0.717) is 39.2 Å². The van der Waals surface area contributed by atoms with Crippen LogP contribution >= 0.6 is 0 Å². The number of hydrogen-bond acceptors (Lipinski definition) is 4. The molecule has 1 aromatic rings. The number of para-hydroxylation sites is 1. The molecule has 6 heteroatoms. The van der Waals surface area contributed by atoms with E-state index in [1.165, 1.54) is 4.90 Å². The normalized spacial score (nSPS) is 26.6. The van der Waals surface area contributed by atoms with Gasteiger partial charge in [0.25, 0.3) is 0 Å². The minimum Gasteiger partial charge on any atom is -0.493 e. The summed E-state index contributed by atoms with van der Waals surface area (Å²) in [5.74, 6) is 0.819. The molecule has 0 saturated carbocycles. The largest absolute Gasteiger partial charge is 0.493 e. The predicted molar refractivity (Wildman–Crippen MR) is 76.5 cm³/mol. The van der Waals surface area contributed by atoms with Crippen LogP contribution in [0.2, 0.25) is 0 Å². The van der Waals surface area contributed by atoms with Crippen molar-refractivity contribution in [3.05, 3.63) is 29.8 Å². The van der Waals surface area contributed by atoms with Gasteiger partial charge in [-0.1, -0.05) is 18.2 Å². The van der Waals surface area contributed by atoms with Gasteiger partial charge in [0.15, 0.2) is 0 Å². The first kappa shape index (κ1) is 14.2. The quantitative estimate of drug-likeness (QED) is 0.813. The van der Waals surface area contributed by atoms with Gasteiger partial charge in [-0.3, -0.25) is 4.90 Å². The summed E-state index contributed by atoms with van der Waals surface area (Å²) in [5.41, 5.74) is 0.992. The lowest BCUT2D eigenvalue weighted by Gasteiger charge is -2.39. The lowest BCUT2D eigenvalue weighted by Crippen LogP contribution is -2.51. The van der Waals surface area contributed by atoms with Gasteiger partial charge in [0.05, 0.1) is 18.8 Å². The van der Waals surface area contributed by atoms with Crippen molar-refractivity contribution in [3.8, 4) is 5.75 Å². The Hall–Kier alpha value is -1.79. The summed E-state index contributed by atoms with van der Waals surface area (Å²) in [6, 6.07) is 7.66. The highest BCUT2D eigenvalue weighted by Gasteiger charge is 2.34. The van der Waals surface area contributed by atoms with Crippen molar-refractivity contribution in [3.63, 3.8) is 0 Å². The molecule has 2 atom stereocenters. The molecule has 2 aliphatic heterocycles. The van der Waals surface area contributed by atoms with E-state index in [1.54, 1.807) is 0 Å². The lowest BCUT2D eigenvalue weighted by molar-refractivity contribution is 0.0166. The van der Waals surface area contributed by atoms with Gasteiger partial charge in [-0.15, -0.1) is 0 Å². The van der Waals surface area contributed by atoms with E-state index in [1.807, 2.05) is 24.3 Å². The fourth-order valence-corrected chi connectivity index (χ4v) is 3.14. The first-order valence-electron chi connectivity index (χ1n) is 7.28. The monoisotopic (exact) mass is 292 g/mol. The molecule has 0 unspecified atom stereocenters. The number of aliphatic hydroxyl groups excluding tert-OH is 1. The Morgan fingerprint density at radius 1 is 1.19 bits per heavy atom. The summed E-state index contributed by atoms with van der Waals surface area (Å²) in [4.78, 5) is 14.6. The molecule has 3 rings (SSSR count). The molecule has 1 saturated heterocycles. The topological polar surface area (TPSA) is 73.2 Å². The molecule has 2 heterocycles. The molecule has 21 heavy (non-hydrogen) atoms. The molecule has 0 bridgehead atoms. The minimum absolute atomic E-state index is 0.125. The van der Waals surface area contributed by atoms with Gasteiger partial charge in [-0.2, -0.15) is 0 Å². The van der Waals surface area contributed by atoms with Gasteiger partial charge in [-0.25, -0.2) is 4.79 Å². The van der Waals surface area contributed by atoms with Crippen LogP contribution in [0, 0.1) is 0 Å². The average Bonchev–Trinajstić information content (AvgIpc) is 2.65. The number of aliphatic hydroxyl groups is 1. The first-order valence-corrected chi connectivity index (χ1v) is 7.28. The number of carbonyl (C=O) groups is 1. The molecule has 2 aliphatic rings. The second-order valence-electron chi connectivity index (χ2n) is 5.49. The molecule has 2 N–H and O–H groups in total. The molecule has 0 spiro atoms. The summed E-state index contributed by atoms with van der Waals surface area (Å²) in [5, 5.41) is 19.5. The van der Waals surface area contributed by atoms with Gasteiger partial charge >= 0.3 is 6.09 Å². The fourth-order valence-electron chi connectivity index (χ4n) is 3.14. The van der Waals surface area contributed by atoms with Crippen molar-refractivity contribution in [1.82, 2.24) is 9.80 Å². The van der Waals surface area contributed by atoms with Gasteiger partial charge in [0.2, 0.25) is 0 Å². The summed E-state index contributed by atoms with van der Waals surface area (Å²) in [6.07, 6.45) is -0.789. The lowest BCUT2D eigenvalue weighted by atomic mass is 9.97. The highest BCUT2D eigenvalue weighted by Crippen LogP contribution is 2.36. The van der Waals surface area contributed by atoms with Gasteiger partial charge in [0, 0.05) is 38.2 Å². The van der Waals surface area contributed by atoms with Crippen LogP contribution in [-0.2, 0) is 0 Å². The van der Waals surface area contributed by atoms with Crippen LogP contribution in [0.15, 0.2) is 24.3 Å². The third-order valence-corrected chi connectivity index (χ3v) is 4.25. The molecular weight excluding hydrogens is 272 g/mol. The number of amides is 1. The third-order valence-electron chi connectivity index (χ3n) is 4.25. The second-order valence-corrected chi connectivity index (χ2v) is 5.49. The Bertz CT molecular complexity index is 514. The van der Waals surface area contributed by atoms with E-state index in [4.69, 9.17) is 9.84 Å². The average molecular weight is 292 g/mol. The minimum atomic E-state index is -0.875.